The molecule has 4 heteroatoms. The summed E-state index contributed by atoms with van der Waals surface area (Å²) in [6.07, 6.45) is 7.06. The predicted octanol–water partition coefficient (Wildman–Crippen LogP) is 2.84. The van der Waals surface area contributed by atoms with E-state index in [-0.39, 0.29) is 30.2 Å². The number of ether oxygens (including phenoxy) is 2. The van der Waals surface area contributed by atoms with Crippen molar-refractivity contribution < 1.29 is 19.1 Å². The van der Waals surface area contributed by atoms with Gasteiger partial charge in [-0.25, -0.2) is 0 Å². The van der Waals surface area contributed by atoms with Crippen molar-refractivity contribution in [3.8, 4) is 0 Å². The fraction of sp³-hybridized carbons (Fsp3) is 0.765. The first-order valence-corrected chi connectivity index (χ1v) is 7.94. The average molecular weight is 294 g/mol. The molecular formula is C17H26O4. The first-order valence-electron chi connectivity index (χ1n) is 7.94. The van der Waals surface area contributed by atoms with Crippen LogP contribution in [0.3, 0.4) is 0 Å². The first kappa shape index (κ1) is 16.4. The van der Waals surface area contributed by atoms with Crippen molar-refractivity contribution in [2.75, 3.05) is 0 Å². The highest BCUT2D eigenvalue weighted by atomic mass is 16.5. The molecule has 21 heavy (non-hydrogen) atoms. The molecule has 4 atom stereocenters. The zero-order chi connectivity index (χ0) is 15.4. The van der Waals surface area contributed by atoms with Gasteiger partial charge < -0.3 is 9.47 Å². The summed E-state index contributed by atoms with van der Waals surface area (Å²) in [6.45, 7) is 7.48. The molecule has 1 aliphatic carbocycles. The van der Waals surface area contributed by atoms with Crippen LogP contribution >= 0.6 is 0 Å². The second-order valence-electron chi connectivity index (χ2n) is 6.44. The van der Waals surface area contributed by atoms with Crippen LogP contribution in [0.25, 0.3) is 0 Å². The van der Waals surface area contributed by atoms with Gasteiger partial charge in [-0.15, -0.1) is 6.58 Å². The summed E-state index contributed by atoms with van der Waals surface area (Å²) in [5, 5.41) is 0. The van der Waals surface area contributed by atoms with Crippen LogP contribution in [0.2, 0.25) is 0 Å². The molecule has 0 radical (unpaired) electrons. The topological polar surface area (TPSA) is 52.6 Å². The quantitative estimate of drug-likeness (QED) is 0.735. The Bertz CT molecular complexity index is 400. The maximum Gasteiger partial charge on any atom is 0.138 e. The van der Waals surface area contributed by atoms with E-state index in [1.54, 1.807) is 6.08 Å². The summed E-state index contributed by atoms with van der Waals surface area (Å²) in [4.78, 5) is 22.1. The molecule has 0 amide bonds. The number of hydrogen-bond donors (Lipinski definition) is 0. The van der Waals surface area contributed by atoms with E-state index in [0.29, 0.717) is 37.4 Å². The van der Waals surface area contributed by atoms with E-state index in [9.17, 15) is 9.59 Å². The largest absolute Gasteiger partial charge is 0.374 e. The lowest BCUT2D eigenvalue weighted by Crippen LogP contribution is -2.32. The van der Waals surface area contributed by atoms with Crippen molar-refractivity contribution >= 4 is 11.6 Å². The molecule has 3 fully saturated rings. The van der Waals surface area contributed by atoms with Crippen molar-refractivity contribution in [3.63, 3.8) is 0 Å². The van der Waals surface area contributed by atoms with Gasteiger partial charge in [-0.05, 0) is 32.6 Å². The second-order valence-corrected chi connectivity index (χ2v) is 6.44. The van der Waals surface area contributed by atoms with E-state index in [1.807, 2.05) is 13.8 Å². The molecule has 0 aromatic rings. The smallest absolute Gasteiger partial charge is 0.138 e. The van der Waals surface area contributed by atoms with Gasteiger partial charge in [0, 0.05) is 25.7 Å². The number of rotatable bonds is 2. The zero-order valence-electron chi connectivity index (χ0n) is 13.0. The van der Waals surface area contributed by atoms with Crippen LogP contribution in [0.1, 0.15) is 52.4 Å². The first-order chi connectivity index (χ1) is 9.97. The van der Waals surface area contributed by atoms with Gasteiger partial charge in [0.05, 0.1) is 24.4 Å². The highest BCUT2D eigenvalue weighted by Crippen LogP contribution is 2.38. The summed E-state index contributed by atoms with van der Waals surface area (Å²) < 4.78 is 11.0. The molecule has 0 spiro atoms. The second kappa shape index (κ2) is 7.32. The number of hydrogen-bond acceptors (Lipinski definition) is 4. The lowest BCUT2D eigenvalue weighted by molar-refractivity contribution is -0.135. The van der Waals surface area contributed by atoms with Gasteiger partial charge in [0.15, 0.2) is 0 Å². The Balaban J connectivity index is 0.000000155. The molecule has 0 aromatic heterocycles. The monoisotopic (exact) mass is 294 g/mol. The van der Waals surface area contributed by atoms with Crippen LogP contribution in [0.5, 0.6) is 0 Å². The SMILES string of the molecule is C=C[C@@H]1CC(=O)C[C@@H](C)O1.C[C@@H]1CC(=O)C[C@@H](C2CC2)O1. The van der Waals surface area contributed by atoms with Gasteiger partial charge in [-0.3, -0.25) is 9.59 Å². The van der Waals surface area contributed by atoms with Crippen molar-refractivity contribution in [1.29, 1.82) is 0 Å². The highest BCUT2D eigenvalue weighted by Gasteiger charge is 2.37. The number of Topliss-reactive ketones (excluding diaryl/α,β-unsaturated/α-hetero) is 2. The molecule has 0 N–H and O–H groups in total. The van der Waals surface area contributed by atoms with Gasteiger partial charge in [0.25, 0.3) is 0 Å². The Hall–Kier alpha value is -1.00. The Morgan fingerprint density at radius 3 is 2.00 bits per heavy atom. The lowest BCUT2D eigenvalue weighted by Gasteiger charge is -2.26. The minimum atomic E-state index is -0.0451. The van der Waals surface area contributed by atoms with Crippen LogP contribution in [-0.4, -0.2) is 36.0 Å². The van der Waals surface area contributed by atoms with E-state index < -0.39 is 0 Å². The number of carbonyl (C=O) groups excluding carboxylic acids is 2. The Morgan fingerprint density at radius 2 is 1.52 bits per heavy atom. The summed E-state index contributed by atoms with van der Waals surface area (Å²) >= 11 is 0. The molecule has 4 nitrogen and oxygen atoms in total. The summed E-state index contributed by atoms with van der Waals surface area (Å²) in [5.74, 6) is 1.38. The molecule has 2 heterocycles. The van der Waals surface area contributed by atoms with Gasteiger partial charge in [-0.1, -0.05) is 6.08 Å². The van der Waals surface area contributed by atoms with Crippen LogP contribution in [-0.2, 0) is 19.1 Å². The lowest BCUT2D eigenvalue weighted by atomic mass is 10.0. The van der Waals surface area contributed by atoms with Crippen LogP contribution in [0.15, 0.2) is 12.7 Å². The molecule has 3 aliphatic rings. The summed E-state index contributed by atoms with van der Waals surface area (Å²) in [5.41, 5.74) is 0. The third kappa shape index (κ3) is 5.36. The molecular weight excluding hydrogens is 268 g/mol. The number of carbonyl (C=O) groups is 2. The summed E-state index contributed by atoms with van der Waals surface area (Å²) in [7, 11) is 0. The van der Waals surface area contributed by atoms with Crippen LogP contribution in [0.4, 0.5) is 0 Å². The molecule has 118 valence electrons. The molecule has 0 bridgehead atoms. The predicted molar refractivity (Wildman–Crippen MR) is 80.1 cm³/mol. The average Bonchev–Trinajstić information content (AvgIpc) is 3.21. The molecule has 0 unspecified atom stereocenters. The molecule has 2 saturated heterocycles. The third-order valence-electron chi connectivity index (χ3n) is 4.11. The van der Waals surface area contributed by atoms with Gasteiger partial charge in [-0.2, -0.15) is 0 Å². The van der Waals surface area contributed by atoms with E-state index in [4.69, 9.17) is 9.47 Å². The maximum atomic E-state index is 11.1. The standard InChI is InChI=1S/C9H14O2.C8H12O2/c1-6-4-8(10)5-9(11-6)7-2-3-7;1-3-8-5-7(9)4-6(2)10-8/h6-7,9H,2-5H2,1H3;3,6,8H,1,4-5H2,2H3/t6-,9+;6-,8-/m11/s1. The molecule has 1 saturated carbocycles. The van der Waals surface area contributed by atoms with E-state index in [1.165, 1.54) is 12.8 Å². The Labute approximate surface area is 126 Å². The highest BCUT2D eigenvalue weighted by molar-refractivity contribution is 5.80. The summed E-state index contributed by atoms with van der Waals surface area (Å²) in [6, 6.07) is 0. The minimum Gasteiger partial charge on any atom is -0.374 e. The van der Waals surface area contributed by atoms with E-state index in [2.05, 4.69) is 6.58 Å². The molecule has 0 aromatic carbocycles. The van der Waals surface area contributed by atoms with Crippen molar-refractivity contribution in [2.24, 2.45) is 5.92 Å². The van der Waals surface area contributed by atoms with Crippen molar-refractivity contribution in [3.05, 3.63) is 12.7 Å². The van der Waals surface area contributed by atoms with E-state index in [0.717, 1.165) is 0 Å². The maximum absolute atomic E-state index is 11.1. The molecule has 2 aliphatic heterocycles. The molecule has 3 rings (SSSR count). The minimum absolute atomic E-state index is 0.0451. The normalized spacial score (nSPS) is 36.7. The van der Waals surface area contributed by atoms with Gasteiger partial charge in [0.2, 0.25) is 0 Å². The van der Waals surface area contributed by atoms with Gasteiger partial charge in [0.1, 0.15) is 11.6 Å². The zero-order valence-corrected chi connectivity index (χ0v) is 13.0. The van der Waals surface area contributed by atoms with Gasteiger partial charge >= 0.3 is 0 Å². The fourth-order valence-corrected chi connectivity index (χ4v) is 2.93. The number of ketones is 2. The van der Waals surface area contributed by atoms with Crippen LogP contribution < -0.4 is 0 Å². The van der Waals surface area contributed by atoms with Crippen molar-refractivity contribution in [2.45, 2.75) is 76.8 Å². The third-order valence-corrected chi connectivity index (χ3v) is 4.11. The van der Waals surface area contributed by atoms with Crippen molar-refractivity contribution in [1.82, 2.24) is 0 Å². The fourth-order valence-electron chi connectivity index (χ4n) is 2.93. The Kier molecular flexibility index (Phi) is 5.71. The van der Waals surface area contributed by atoms with Crippen LogP contribution in [0, 0.1) is 5.92 Å². The van der Waals surface area contributed by atoms with E-state index >= 15 is 0 Å². The Morgan fingerprint density at radius 1 is 0.952 bits per heavy atom.